The first-order valence-corrected chi connectivity index (χ1v) is 8.66. The Bertz CT molecular complexity index is 952. The third-order valence-corrected chi connectivity index (χ3v) is 4.63. The Balaban J connectivity index is 1.56. The Morgan fingerprint density at radius 2 is 2.08 bits per heavy atom. The number of aromatic nitrogens is 3. The number of amides is 1. The minimum absolute atomic E-state index is 0.0776. The van der Waals surface area contributed by atoms with Crippen LogP contribution in [0.15, 0.2) is 42.6 Å². The molecule has 7 nitrogen and oxygen atoms in total. The maximum atomic E-state index is 12.9. The summed E-state index contributed by atoms with van der Waals surface area (Å²) in [6.07, 6.45) is 1.57. The first-order chi connectivity index (χ1) is 12.7. The number of ether oxygens (including phenoxy) is 1. The van der Waals surface area contributed by atoms with Gasteiger partial charge in [-0.05, 0) is 31.2 Å². The number of fused-ring (bicyclic) bond motifs is 1. The fraction of sp³-hybridized carbons (Fsp3) is 0.316. The standard InChI is InChI=1S/C19H21N5O2/c1-13-5-3-8-18-22-15(11-24(13)18)19(25)23-9-10-26-16(12-23)14-6-4-7-17(20-2)21-14/h3-8,11,16H,9-10,12H2,1-2H3,(H,20,21). The maximum absolute atomic E-state index is 12.9. The highest BCUT2D eigenvalue weighted by Crippen LogP contribution is 2.23. The summed E-state index contributed by atoms with van der Waals surface area (Å²) in [4.78, 5) is 23.7. The van der Waals surface area contributed by atoms with Crippen molar-refractivity contribution in [2.45, 2.75) is 13.0 Å². The Morgan fingerprint density at radius 3 is 2.88 bits per heavy atom. The van der Waals surface area contributed by atoms with Gasteiger partial charge in [-0.15, -0.1) is 0 Å². The van der Waals surface area contributed by atoms with Crippen LogP contribution in [0, 0.1) is 6.92 Å². The van der Waals surface area contributed by atoms with Gasteiger partial charge in [0.15, 0.2) is 0 Å². The van der Waals surface area contributed by atoms with Gasteiger partial charge in [0.1, 0.15) is 23.3 Å². The van der Waals surface area contributed by atoms with Gasteiger partial charge in [0, 0.05) is 25.5 Å². The quantitative estimate of drug-likeness (QED) is 0.784. The summed E-state index contributed by atoms with van der Waals surface area (Å²) in [6, 6.07) is 11.6. The molecule has 1 aliphatic rings. The van der Waals surface area contributed by atoms with Crippen LogP contribution >= 0.6 is 0 Å². The lowest BCUT2D eigenvalue weighted by Gasteiger charge is -2.32. The van der Waals surface area contributed by atoms with E-state index in [1.165, 1.54) is 0 Å². The van der Waals surface area contributed by atoms with E-state index in [9.17, 15) is 4.79 Å². The minimum atomic E-state index is -0.236. The Morgan fingerprint density at radius 1 is 1.23 bits per heavy atom. The van der Waals surface area contributed by atoms with E-state index in [4.69, 9.17) is 4.74 Å². The largest absolute Gasteiger partial charge is 0.373 e. The Labute approximate surface area is 151 Å². The molecule has 1 aliphatic heterocycles. The fourth-order valence-electron chi connectivity index (χ4n) is 3.20. The lowest BCUT2D eigenvalue weighted by atomic mass is 10.1. The van der Waals surface area contributed by atoms with Crippen LogP contribution in [0.2, 0.25) is 0 Å². The van der Waals surface area contributed by atoms with Gasteiger partial charge >= 0.3 is 0 Å². The fourth-order valence-corrected chi connectivity index (χ4v) is 3.20. The molecule has 4 rings (SSSR count). The third-order valence-electron chi connectivity index (χ3n) is 4.63. The average molecular weight is 351 g/mol. The van der Waals surface area contributed by atoms with Crippen molar-refractivity contribution >= 4 is 17.4 Å². The first-order valence-electron chi connectivity index (χ1n) is 8.66. The number of aryl methyl sites for hydroxylation is 1. The van der Waals surface area contributed by atoms with E-state index in [1.54, 1.807) is 11.1 Å². The van der Waals surface area contributed by atoms with E-state index in [2.05, 4.69) is 15.3 Å². The van der Waals surface area contributed by atoms with Crippen molar-refractivity contribution in [3.8, 4) is 0 Å². The number of nitrogens with zero attached hydrogens (tertiary/aromatic N) is 4. The van der Waals surface area contributed by atoms with Crippen LogP contribution in [0.4, 0.5) is 5.82 Å². The van der Waals surface area contributed by atoms with Crippen molar-refractivity contribution in [2.75, 3.05) is 32.1 Å². The molecule has 0 saturated carbocycles. The molecule has 0 aliphatic carbocycles. The summed E-state index contributed by atoms with van der Waals surface area (Å²) in [5, 5.41) is 3.03. The van der Waals surface area contributed by atoms with E-state index in [0.29, 0.717) is 25.4 Å². The van der Waals surface area contributed by atoms with Crippen molar-refractivity contribution < 1.29 is 9.53 Å². The van der Waals surface area contributed by atoms with E-state index in [-0.39, 0.29) is 12.0 Å². The molecule has 1 N–H and O–H groups in total. The predicted octanol–water partition coefficient (Wildman–Crippen LogP) is 2.29. The molecule has 0 spiro atoms. The highest BCUT2D eigenvalue weighted by atomic mass is 16.5. The van der Waals surface area contributed by atoms with Crippen LogP contribution in [0.3, 0.4) is 0 Å². The number of rotatable bonds is 3. The number of pyridine rings is 2. The molecule has 1 fully saturated rings. The predicted molar refractivity (Wildman–Crippen MR) is 98.3 cm³/mol. The van der Waals surface area contributed by atoms with Crippen LogP contribution < -0.4 is 5.32 Å². The number of carbonyl (C=O) groups excluding carboxylic acids is 1. The van der Waals surface area contributed by atoms with Gasteiger partial charge in [-0.2, -0.15) is 0 Å². The van der Waals surface area contributed by atoms with Gasteiger partial charge in [-0.3, -0.25) is 4.79 Å². The molecular weight excluding hydrogens is 330 g/mol. The topological polar surface area (TPSA) is 71.8 Å². The van der Waals surface area contributed by atoms with Crippen molar-refractivity contribution in [1.29, 1.82) is 0 Å². The maximum Gasteiger partial charge on any atom is 0.274 e. The van der Waals surface area contributed by atoms with Gasteiger partial charge in [-0.25, -0.2) is 9.97 Å². The molecule has 3 aromatic rings. The van der Waals surface area contributed by atoms with E-state index in [0.717, 1.165) is 22.9 Å². The third kappa shape index (κ3) is 3.01. The molecule has 1 saturated heterocycles. The Kier molecular flexibility index (Phi) is 4.30. The number of carbonyl (C=O) groups is 1. The highest BCUT2D eigenvalue weighted by Gasteiger charge is 2.28. The summed E-state index contributed by atoms with van der Waals surface area (Å²) in [7, 11) is 1.83. The summed E-state index contributed by atoms with van der Waals surface area (Å²) in [5.74, 6) is 0.705. The zero-order chi connectivity index (χ0) is 18.1. The number of nitrogens with one attached hydrogen (secondary N) is 1. The number of morpholine rings is 1. The molecular formula is C19H21N5O2. The molecule has 134 valence electrons. The lowest BCUT2D eigenvalue weighted by Crippen LogP contribution is -2.42. The zero-order valence-corrected chi connectivity index (χ0v) is 14.8. The molecule has 0 bridgehead atoms. The normalized spacial score (nSPS) is 17.5. The van der Waals surface area contributed by atoms with E-state index >= 15 is 0 Å². The monoisotopic (exact) mass is 351 g/mol. The second kappa shape index (κ2) is 6.76. The van der Waals surface area contributed by atoms with Crippen molar-refractivity contribution in [1.82, 2.24) is 19.3 Å². The SMILES string of the molecule is CNc1cccc(C2CN(C(=O)c3cn4c(C)cccc4n3)CCO2)n1. The van der Waals surface area contributed by atoms with Gasteiger partial charge in [0.2, 0.25) is 0 Å². The van der Waals surface area contributed by atoms with Crippen molar-refractivity contribution in [3.63, 3.8) is 0 Å². The second-order valence-corrected chi connectivity index (χ2v) is 6.33. The number of hydrogen-bond donors (Lipinski definition) is 1. The molecule has 4 heterocycles. The number of anilines is 1. The van der Waals surface area contributed by atoms with Crippen LogP contribution in [-0.2, 0) is 4.74 Å². The molecule has 0 aromatic carbocycles. The molecule has 1 amide bonds. The summed E-state index contributed by atoms with van der Waals surface area (Å²) in [5.41, 5.74) is 3.10. The molecule has 1 atom stereocenters. The van der Waals surface area contributed by atoms with Crippen molar-refractivity contribution in [3.05, 3.63) is 59.7 Å². The van der Waals surface area contributed by atoms with E-state index in [1.807, 2.05) is 54.8 Å². The second-order valence-electron chi connectivity index (χ2n) is 6.33. The molecule has 7 heteroatoms. The summed E-state index contributed by atoms with van der Waals surface area (Å²) >= 11 is 0. The van der Waals surface area contributed by atoms with Crippen LogP contribution in [-0.4, -0.2) is 51.9 Å². The first kappa shape index (κ1) is 16.5. The summed E-state index contributed by atoms with van der Waals surface area (Å²) < 4.78 is 7.78. The molecule has 1 unspecified atom stereocenters. The van der Waals surface area contributed by atoms with Gasteiger partial charge in [0.05, 0.1) is 18.8 Å². The van der Waals surface area contributed by atoms with Gasteiger partial charge in [0.25, 0.3) is 5.91 Å². The molecule has 26 heavy (non-hydrogen) atoms. The molecule has 3 aromatic heterocycles. The smallest absolute Gasteiger partial charge is 0.274 e. The average Bonchev–Trinajstić information content (AvgIpc) is 3.13. The zero-order valence-electron chi connectivity index (χ0n) is 14.8. The van der Waals surface area contributed by atoms with Crippen LogP contribution in [0.25, 0.3) is 5.65 Å². The number of imidazole rings is 1. The molecule has 0 radical (unpaired) electrons. The Hall–Kier alpha value is -2.93. The minimum Gasteiger partial charge on any atom is -0.373 e. The van der Waals surface area contributed by atoms with Crippen LogP contribution in [0.5, 0.6) is 0 Å². The number of hydrogen-bond acceptors (Lipinski definition) is 5. The van der Waals surface area contributed by atoms with Gasteiger partial charge in [-0.1, -0.05) is 12.1 Å². The lowest BCUT2D eigenvalue weighted by molar-refractivity contribution is -0.0248. The highest BCUT2D eigenvalue weighted by molar-refractivity contribution is 5.93. The van der Waals surface area contributed by atoms with Gasteiger partial charge < -0.3 is 19.4 Å². The van der Waals surface area contributed by atoms with Crippen molar-refractivity contribution in [2.24, 2.45) is 0 Å². The van der Waals surface area contributed by atoms with E-state index < -0.39 is 0 Å². The van der Waals surface area contributed by atoms with Crippen LogP contribution in [0.1, 0.15) is 28.0 Å². The summed E-state index contributed by atoms with van der Waals surface area (Å²) in [6.45, 7) is 3.49.